The predicted molar refractivity (Wildman–Crippen MR) is 114 cm³/mol. The zero-order valence-corrected chi connectivity index (χ0v) is 17.4. The number of nitrogens with zero attached hydrogens (tertiary/aromatic N) is 2. The third kappa shape index (κ3) is 5.26. The molecule has 0 unspecified atom stereocenters. The van der Waals surface area contributed by atoms with E-state index in [9.17, 15) is 14.9 Å². The van der Waals surface area contributed by atoms with Crippen LogP contribution < -0.4 is 15.4 Å². The van der Waals surface area contributed by atoms with Gasteiger partial charge in [0.15, 0.2) is 0 Å². The molecule has 0 bridgehead atoms. The Morgan fingerprint density at radius 2 is 1.97 bits per heavy atom. The maximum Gasteiger partial charge on any atom is 0.266 e. The fraction of sp³-hybridized carbons (Fsp3) is 0.318. The molecular formula is C22H26N4O3. The van der Waals surface area contributed by atoms with Gasteiger partial charge in [0, 0.05) is 30.5 Å². The van der Waals surface area contributed by atoms with Crippen LogP contribution >= 0.6 is 0 Å². The Morgan fingerprint density at radius 3 is 2.55 bits per heavy atom. The lowest BCUT2D eigenvalue weighted by Gasteiger charge is -2.11. The van der Waals surface area contributed by atoms with Gasteiger partial charge in [-0.05, 0) is 56.2 Å². The van der Waals surface area contributed by atoms with Gasteiger partial charge in [0.25, 0.3) is 5.91 Å². The number of hydrogen-bond acceptors (Lipinski definition) is 4. The average Bonchev–Trinajstić information content (AvgIpc) is 2.93. The van der Waals surface area contributed by atoms with Crippen LogP contribution in [-0.4, -0.2) is 23.5 Å². The molecule has 152 valence electrons. The Labute approximate surface area is 171 Å². The van der Waals surface area contributed by atoms with E-state index < -0.39 is 5.91 Å². The van der Waals surface area contributed by atoms with E-state index in [1.165, 1.54) is 14.0 Å². The number of amides is 2. The summed E-state index contributed by atoms with van der Waals surface area (Å²) >= 11 is 0. The Morgan fingerprint density at radius 1 is 1.24 bits per heavy atom. The molecule has 0 fully saturated rings. The highest BCUT2D eigenvalue weighted by Gasteiger charge is 2.14. The van der Waals surface area contributed by atoms with Crippen LogP contribution in [0, 0.1) is 25.2 Å². The van der Waals surface area contributed by atoms with Crippen molar-refractivity contribution in [2.45, 2.75) is 40.7 Å². The molecule has 0 saturated carbocycles. The molecule has 1 aromatic heterocycles. The van der Waals surface area contributed by atoms with Gasteiger partial charge in [-0.15, -0.1) is 0 Å². The van der Waals surface area contributed by atoms with Crippen LogP contribution in [0.4, 0.5) is 11.4 Å². The quantitative estimate of drug-likeness (QED) is 0.547. The van der Waals surface area contributed by atoms with E-state index in [2.05, 4.69) is 22.1 Å². The number of rotatable bonds is 7. The molecule has 2 N–H and O–H groups in total. The standard InChI is InChI=1S/C22H26N4O3/c1-6-9-26-14(2)10-17(15(26)3)11-18(13-23)22(28)25-19-7-8-21(29-5)20(12-19)24-16(4)27/h7-8,10-12H,6,9H2,1-5H3,(H,24,27)(H,25,28)/b18-11+. The molecule has 0 aliphatic heterocycles. The highest BCUT2D eigenvalue weighted by atomic mass is 16.5. The molecular weight excluding hydrogens is 368 g/mol. The van der Waals surface area contributed by atoms with Crippen molar-refractivity contribution in [3.8, 4) is 11.8 Å². The fourth-order valence-electron chi connectivity index (χ4n) is 3.12. The van der Waals surface area contributed by atoms with E-state index in [1.54, 1.807) is 24.3 Å². The van der Waals surface area contributed by atoms with Crippen molar-refractivity contribution in [3.05, 3.63) is 46.8 Å². The van der Waals surface area contributed by atoms with Crippen molar-refractivity contribution in [2.24, 2.45) is 0 Å². The second-order valence-electron chi connectivity index (χ2n) is 6.70. The van der Waals surface area contributed by atoms with E-state index >= 15 is 0 Å². The van der Waals surface area contributed by atoms with Crippen molar-refractivity contribution >= 4 is 29.3 Å². The number of ether oxygens (including phenoxy) is 1. The lowest BCUT2D eigenvalue weighted by atomic mass is 10.1. The highest BCUT2D eigenvalue weighted by molar-refractivity contribution is 6.10. The Bertz CT molecular complexity index is 996. The molecule has 0 radical (unpaired) electrons. The molecule has 1 heterocycles. The van der Waals surface area contributed by atoms with Gasteiger partial charge in [-0.25, -0.2) is 0 Å². The van der Waals surface area contributed by atoms with E-state index in [4.69, 9.17) is 4.74 Å². The van der Waals surface area contributed by atoms with E-state index in [0.29, 0.717) is 17.1 Å². The smallest absolute Gasteiger partial charge is 0.266 e. The molecule has 2 amide bonds. The van der Waals surface area contributed by atoms with Crippen LogP contribution in [0.2, 0.25) is 0 Å². The van der Waals surface area contributed by atoms with E-state index in [1.807, 2.05) is 26.0 Å². The van der Waals surface area contributed by atoms with Gasteiger partial charge in [-0.3, -0.25) is 9.59 Å². The Kier molecular flexibility index (Phi) is 7.21. The second kappa shape index (κ2) is 9.60. The Balaban J connectivity index is 2.29. The number of nitrogens with one attached hydrogen (secondary N) is 2. The first-order valence-electron chi connectivity index (χ1n) is 9.36. The fourth-order valence-corrected chi connectivity index (χ4v) is 3.12. The molecule has 2 rings (SSSR count). The number of benzene rings is 1. The third-order valence-corrected chi connectivity index (χ3v) is 4.49. The van der Waals surface area contributed by atoms with Crippen molar-refractivity contribution in [3.63, 3.8) is 0 Å². The minimum Gasteiger partial charge on any atom is -0.495 e. The monoisotopic (exact) mass is 394 g/mol. The molecule has 7 heteroatoms. The lowest BCUT2D eigenvalue weighted by Crippen LogP contribution is -2.14. The van der Waals surface area contributed by atoms with Gasteiger partial charge < -0.3 is 19.9 Å². The molecule has 29 heavy (non-hydrogen) atoms. The number of aromatic nitrogens is 1. The van der Waals surface area contributed by atoms with Gasteiger partial charge in [0.2, 0.25) is 5.91 Å². The van der Waals surface area contributed by atoms with Crippen molar-refractivity contribution in [2.75, 3.05) is 17.7 Å². The molecule has 1 aromatic carbocycles. The molecule has 0 spiro atoms. The van der Waals surface area contributed by atoms with Crippen molar-refractivity contribution in [1.29, 1.82) is 5.26 Å². The Hall–Kier alpha value is -3.53. The molecule has 0 aliphatic rings. The number of anilines is 2. The summed E-state index contributed by atoms with van der Waals surface area (Å²) in [7, 11) is 1.49. The van der Waals surface area contributed by atoms with Crippen LogP contribution in [0.5, 0.6) is 5.75 Å². The lowest BCUT2D eigenvalue weighted by molar-refractivity contribution is -0.114. The highest BCUT2D eigenvalue weighted by Crippen LogP contribution is 2.28. The van der Waals surface area contributed by atoms with Crippen LogP contribution in [0.3, 0.4) is 0 Å². The van der Waals surface area contributed by atoms with Crippen LogP contribution in [0.1, 0.15) is 37.2 Å². The predicted octanol–water partition coefficient (Wildman–Crippen LogP) is 4.03. The summed E-state index contributed by atoms with van der Waals surface area (Å²) in [6.45, 7) is 8.36. The number of nitriles is 1. The zero-order valence-electron chi connectivity index (χ0n) is 17.4. The second-order valence-corrected chi connectivity index (χ2v) is 6.70. The summed E-state index contributed by atoms with van der Waals surface area (Å²) < 4.78 is 7.38. The first kappa shape index (κ1) is 21.8. The summed E-state index contributed by atoms with van der Waals surface area (Å²) in [5, 5.41) is 14.9. The summed E-state index contributed by atoms with van der Waals surface area (Å²) in [6, 6.07) is 8.80. The van der Waals surface area contributed by atoms with Gasteiger partial charge in [-0.2, -0.15) is 5.26 Å². The van der Waals surface area contributed by atoms with Crippen LogP contribution in [-0.2, 0) is 16.1 Å². The number of carbonyl (C=O) groups excluding carboxylic acids is 2. The van der Waals surface area contributed by atoms with Crippen molar-refractivity contribution in [1.82, 2.24) is 4.57 Å². The molecule has 0 aliphatic carbocycles. The number of methoxy groups -OCH3 is 1. The molecule has 0 atom stereocenters. The normalized spacial score (nSPS) is 11.0. The summed E-state index contributed by atoms with van der Waals surface area (Å²) in [5.41, 5.74) is 3.82. The maximum atomic E-state index is 12.6. The molecule has 7 nitrogen and oxygen atoms in total. The number of carbonyl (C=O) groups is 2. The number of aryl methyl sites for hydroxylation is 1. The summed E-state index contributed by atoms with van der Waals surface area (Å²) in [5.74, 6) is -0.309. The van der Waals surface area contributed by atoms with Gasteiger partial charge >= 0.3 is 0 Å². The average molecular weight is 394 g/mol. The first-order valence-corrected chi connectivity index (χ1v) is 9.36. The van der Waals surface area contributed by atoms with Crippen molar-refractivity contribution < 1.29 is 14.3 Å². The molecule has 0 saturated heterocycles. The van der Waals surface area contributed by atoms with E-state index in [-0.39, 0.29) is 11.5 Å². The van der Waals surface area contributed by atoms with Gasteiger partial charge in [0.1, 0.15) is 17.4 Å². The minimum atomic E-state index is -0.522. The topological polar surface area (TPSA) is 96.2 Å². The molecule has 2 aromatic rings. The first-order chi connectivity index (χ1) is 13.8. The third-order valence-electron chi connectivity index (χ3n) is 4.49. The largest absolute Gasteiger partial charge is 0.495 e. The minimum absolute atomic E-state index is 0.00126. The SMILES string of the molecule is CCCn1c(C)cc(/C=C(\C#N)C(=O)Nc2ccc(OC)c(NC(C)=O)c2)c1C. The van der Waals surface area contributed by atoms with Crippen LogP contribution in [0.25, 0.3) is 6.08 Å². The summed E-state index contributed by atoms with van der Waals surface area (Å²) in [4.78, 5) is 24.0. The van der Waals surface area contributed by atoms with Gasteiger partial charge in [-0.1, -0.05) is 6.92 Å². The summed E-state index contributed by atoms with van der Waals surface area (Å²) in [6.07, 6.45) is 2.60. The van der Waals surface area contributed by atoms with Gasteiger partial charge in [0.05, 0.1) is 12.8 Å². The number of hydrogen-bond donors (Lipinski definition) is 2. The maximum absolute atomic E-state index is 12.6. The zero-order chi connectivity index (χ0) is 21.6. The van der Waals surface area contributed by atoms with E-state index in [0.717, 1.165) is 29.9 Å². The van der Waals surface area contributed by atoms with Crippen LogP contribution in [0.15, 0.2) is 29.8 Å².